The Morgan fingerprint density at radius 3 is 2.08 bits per heavy atom. The number of alkyl halides is 3. The Morgan fingerprint density at radius 1 is 1.31 bits per heavy atom. The first-order valence-corrected chi connectivity index (χ1v) is 3.13. The van der Waals surface area contributed by atoms with Gasteiger partial charge in [0.2, 0.25) is 5.78 Å². The minimum atomic E-state index is -4.95. The Hall–Kier alpha value is -0.330. The van der Waals surface area contributed by atoms with E-state index in [-0.39, 0.29) is 29.0 Å². The van der Waals surface area contributed by atoms with Crippen LogP contribution in [0.2, 0.25) is 0 Å². The minimum Gasteiger partial charge on any atom is -0.466 e. The second-order valence-electron chi connectivity index (χ2n) is 1.90. The molecule has 0 aromatic carbocycles. The molecule has 7 heteroatoms. The van der Waals surface area contributed by atoms with E-state index in [1.165, 1.54) is 6.92 Å². The average Bonchev–Trinajstić information content (AvgIpc) is 1.85. The van der Waals surface area contributed by atoms with E-state index in [0.29, 0.717) is 0 Å². The molecule has 0 aliphatic carbocycles. The summed E-state index contributed by atoms with van der Waals surface area (Å²) in [5.74, 6) is -3.24. The van der Waals surface area contributed by atoms with Gasteiger partial charge < -0.3 is 4.74 Å². The van der Waals surface area contributed by atoms with Crippen LogP contribution in [0.1, 0.15) is 13.3 Å². The molecule has 0 unspecified atom stereocenters. The predicted octanol–water partition coefficient (Wildman–Crippen LogP) is 1.07. The molecule has 3 nitrogen and oxygen atoms in total. The fourth-order valence-corrected chi connectivity index (χ4v) is 0.443. The van der Waals surface area contributed by atoms with Crippen molar-refractivity contribution in [3.8, 4) is 0 Å². The van der Waals surface area contributed by atoms with Crippen LogP contribution >= 0.6 is 0 Å². The predicted molar refractivity (Wildman–Crippen MR) is 32.3 cm³/mol. The van der Waals surface area contributed by atoms with Gasteiger partial charge in [-0.2, -0.15) is 13.2 Å². The third-order valence-corrected chi connectivity index (χ3v) is 0.926. The zero-order valence-electron chi connectivity index (χ0n) is 6.57. The van der Waals surface area contributed by atoms with Gasteiger partial charge in [0.25, 0.3) is 0 Å². The van der Waals surface area contributed by atoms with Crippen LogP contribution in [0.5, 0.6) is 0 Å². The number of hydrogen-bond acceptors (Lipinski definition) is 3. The number of esters is 1. The zero-order chi connectivity index (χ0) is 9.78. The summed E-state index contributed by atoms with van der Waals surface area (Å²) in [5.41, 5.74) is 0. The van der Waals surface area contributed by atoms with E-state index in [1.54, 1.807) is 0 Å². The molecule has 0 saturated carbocycles. The van der Waals surface area contributed by atoms with E-state index in [1.807, 2.05) is 0 Å². The van der Waals surface area contributed by atoms with Crippen molar-refractivity contribution in [1.29, 1.82) is 0 Å². The number of hydrogen-bond donors (Lipinski definition) is 0. The first-order chi connectivity index (χ1) is 5.38. The fourth-order valence-electron chi connectivity index (χ4n) is 0.443. The SMILES string of the molecule is CCOC(=O)CC(=O)C(F)(F)F.[Ag+]. The molecule has 0 rings (SSSR count). The second kappa shape index (κ2) is 6.17. The third kappa shape index (κ3) is 6.80. The molecule has 0 aliphatic heterocycles. The molecule has 0 radical (unpaired) electrons. The van der Waals surface area contributed by atoms with Crippen molar-refractivity contribution in [3.05, 3.63) is 0 Å². The first kappa shape index (κ1) is 15.2. The number of ketones is 1. The molecule has 0 amide bonds. The summed E-state index contributed by atoms with van der Waals surface area (Å²) in [6.45, 7) is 1.40. The second-order valence-corrected chi connectivity index (χ2v) is 1.90. The Kier molecular flexibility index (Phi) is 7.20. The van der Waals surface area contributed by atoms with E-state index >= 15 is 0 Å². The Morgan fingerprint density at radius 2 is 1.77 bits per heavy atom. The van der Waals surface area contributed by atoms with E-state index in [2.05, 4.69) is 4.74 Å². The first-order valence-electron chi connectivity index (χ1n) is 3.13. The van der Waals surface area contributed by atoms with Crippen molar-refractivity contribution in [2.75, 3.05) is 6.61 Å². The summed E-state index contributed by atoms with van der Waals surface area (Å²) < 4.78 is 38.6. The van der Waals surface area contributed by atoms with Crippen molar-refractivity contribution in [2.24, 2.45) is 0 Å². The number of halogens is 3. The van der Waals surface area contributed by atoms with Crippen LogP contribution in [0.25, 0.3) is 0 Å². The topological polar surface area (TPSA) is 43.4 Å². The maximum atomic E-state index is 11.5. The number of rotatable bonds is 3. The van der Waals surface area contributed by atoms with E-state index < -0.39 is 24.3 Å². The average molecular weight is 292 g/mol. The molecular weight excluding hydrogens is 285 g/mol. The fraction of sp³-hybridized carbons (Fsp3) is 0.667. The third-order valence-electron chi connectivity index (χ3n) is 0.926. The molecule has 0 bridgehead atoms. The molecule has 0 N–H and O–H groups in total. The molecule has 0 aromatic heterocycles. The van der Waals surface area contributed by atoms with Crippen molar-refractivity contribution in [2.45, 2.75) is 19.5 Å². The van der Waals surface area contributed by atoms with Gasteiger partial charge in [-0.15, -0.1) is 0 Å². The normalized spacial score (nSPS) is 10.2. The van der Waals surface area contributed by atoms with Crippen molar-refractivity contribution < 1.29 is 49.9 Å². The van der Waals surface area contributed by atoms with Crippen LogP contribution in [-0.2, 0) is 36.7 Å². The summed E-state index contributed by atoms with van der Waals surface area (Å²) in [7, 11) is 0. The minimum absolute atomic E-state index is 0. The summed E-state index contributed by atoms with van der Waals surface area (Å²) in [6, 6.07) is 0. The van der Waals surface area contributed by atoms with Crippen LogP contribution < -0.4 is 0 Å². The van der Waals surface area contributed by atoms with Gasteiger partial charge in [0, 0.05) is 0 Å². The van der Waals surface area contributed by atoms with Gasteiger partial charge in [-0.3, -0.25) is 9.59 Å². The molecule has 0 aliphatic rings. The smallest absolute Gasteiger partial charge is 0.466 e. The number of carbonyl (C=O) groups excluding carboxylic acids is 2. The van der Waals surface area contributed by atoms with Gasteiger partial charge in [0.15, 0.2) is 0 Å². The quantitative estimate of drug-likeness (QED) is 0.444. The molecule has 13 heavy (non-hydrogen) atoms. The van der Waals surface area contributed by atoms with Crippen LogP contribution in [0.15, 0.2) is 0 Å². The number of carbonyl (C=O) groups is 2. The Bertz CT molecular complexity index is 190. The zero-order valence-corrected chi connectivity index (χ0v) is 8.06. The van der Waals surface area contributed by atoms with E-state index in [9.17, 15) is 22.8 Å². The maximum Gasteiger partial charge on any atom is 1.00 e. The van der Waals surface area contributed by atoms with Crippen LogP contribution in [-0.4, -0.2) is 24.5 Å². The van der Waals surface area contributed by atoms with Gasteiger partial charge in [-0.1, -0.05) is 0 Å². The van der Waals surface area contributed by atoms with Crippen molar-refractivity contribution in [3.63, 3.8) is 0 Å². The van der Waals surface area contributed by atoms with Crippen LogP contribution in [0, 0.1) is 0 Å². The van der Waals surface area contributed by atoms with Crippen molar-refractivity contribution in [1.82, 2.24) is 0 Å². The van der Waals surface area contributed by atoms with E-state index in [4.69, 9.17) is 0 Å². The van der Waals surface area contributed by atoms with Gasteiger partial charge in [0.1, 0.15) is 6.42 Å². The standard InChI is InChI=1S/C6H7F3O3.Ag/c1-2-12-5(11)3-4(10)6(7,8)9;/h2-3H2,1H3;/q;+1. The molecule has 80 valence electrons. The number of ether oxygens (including phenoxy) is 1. The summed E-state index contributed by atoms with van der Waals surface area (Å²) >= 11 is 0. The van der Waals surface area contributed by atoms with Crippen LogP contribution in [0.3, 0.4) is 0 Å². The maximum absolute atomic E-state index is 11.5. The molecule has 0 saturated heterocycles. The summed E-state index contributed by atoms with van der Waals surface area (Å²) in [5, 5.41) is 0. The van der Waals surface area contributed by atoms with Gasteiger partial charge in [0.05, 0.1) is 6.61 Å². The van der Waals surface area contributed by atoms with Gasteiger partial charge in [-0.05, 0) is 6.92 Å². The number of Topliss-reactive ketones (excluding diaryl/α,β-unsaturated/α-hetero) is 1. The Labute approximate surface area is 88.1 Å². The monoisotopic (exact) mass is 291 g/mol. The Balaban J connectivity index is 0. The molecule has 0 atom stereocenters. The molecular formula is C6H7AgF3O3+. The molecule has 0 spiro atoms. The van der Waals surface area contributed by atoms with Crippen LogP contribution in [0.4, 0.5) is 13.2 Å². The van der Waals surface area contributed by atoms with Gasteiger partial charge in [-0.25, -0.2) is 0 Å². The summed E-state index contributed by atoms with van der Waals surface area (Å²) in [6.07, 6.45) is -6.19. The molecule has 0 heterocycles. The molecule has 0 aromatic rings. The largest absolute Gasteiger partial charge is 1.00 e. The molecule has 0 fully saturated rings. The van der Waals surface area contributed by atoms with E-state index in [0.717, 1.165) is 0 Å². The van der Waals surface area contributed by atoms with Gasteiger partial charge >= 0.3 is 34.5 Å². The van der Waals surface area contributed by atoms with Crippen molar-refractivity contribution >= 4 is 11.8 Å². The summed E-state index contributed by atoms with van der Waals surface area (Å²) in [4.78, 5) is 20.5.